The van der Waals surface area contributed by atoms with Gasteiger partial charge in [-0.1, -0.05) is 30.3 Å². The summed E-state index contributed by atoms with van der Waals surface area (Å²) in [5, 5.41) is 11.8. The molecule has 2 N–H and O–H groups in total. The van der Waals surface area contributed by atoms with Crippen LogP contribution in [0.15, 0.2) is 30.3 Å². The third-order valence-electron chi connectivity index (χ3n) is 4.57. The lowest BCUT2D eigenvalue weighted by Crippen LogP contribution is -2.47. The van der Waals surface area contributed by atoms with Crippen LogP contribution < -0.4 is 5.32 Å². The van der Waals surface area contributed by atoms with Crippen molar-refractivity contribution in [2.75, 3.05) is 6.54 Å². The summed E-state index contributed by atoms with van der Waals surface area (Å²) in [6.07, 6.45) is -3.46. The monoisotopic (exact) mass is 372 g/mol. The molecular formula is C18H23F3N2O3. The van der Waals surface area contributed by atoms with Gasteiger partial charge in [-0.3, -0.25) is 4.79 Å². The molecule has 1 aliphatic rings. The minimum atomic E-state index is -4.34. The Morgan fingerprint density at radius 1 is 1.12 bits per heavy atom. The Balaban J connectivity index is 1.95. The van der Waals surface area contributed by atoms with Crippen molar-refractivity contribution in [3.8, 4) is 0 Å². The van der Waals surface area contributed by atoms with Gasteiger partial charge in [0.2, 0.25) is 0 Å². The summed E-state index contributed by atoms with van der Waals surface area (Å²) in [6, 6.07) is 8.09. The number of amides is 2. The average molecular weight is 372 g/mol. The van der Waals surface area contributed by atoms with Gasteiger partial charge in [0.05, 0.1) is 12.3 Å². The van der Waals surface area contributed by atoms with E-state index in [1.807, 2.05) is 0 Å². The van der Waals surface area contributed by atoms with E-state index < -0.39 is 37.1 Å². The molecule has 0 heterocycles. The molecule has 0 unspecified atom stereocenters. The van der Waals surface area contributed by atoms with Gasteiger partial charge in [0.1, 0.15) is 0 Å². The van der Waals surface area contributed by atoms with Gasteiger partial charge in [0.25, 0.3) is 0 Å². The molecule has 1 saturated carbocycles. The van der Waals surface area contributed by atoms with E-state index in [9.17, 15) is 22.8 Å². The second-order valence-electron chi connectivity index (χ2n) is 6.61. The van der Waals surface area contributed by atoms with E-state index in [1.165, 1.54) is 0 Å². The number of carbonyl (C=O) groups is 2. The first-order chi connectivity index (χ1) is 12.2. The number of urea groups is 1. The van der Waals surface area contributed by atoms with E-state index in [0.717, 1.165) is 10.5 Å². The zero-order valence-corrected chi connectivity index (χ0v) is 14.3. The Labute approximate surface area is 150 Å². The summed E-state index contributed by atoms with van der Waals surface area (Å²) >= 11 is 0. The van der Waals surface area contributed by atoms with Gasteiger partial charge in [-0.15, -0.1) is 0 Å². The molecule has 0 radical (unpaired) electrons. The highest BCUT2D eigenvalue weighted by Crippen LogP contribution is 2.25. The van der Waals surface area contributed by atoms with Crippen LogP contribution in [0.3, 0.4) is 0 Å². The predicted octanol–water partition coefficient (Wildman–Crippen LogP) is 3.79. The van der Waals surface area contributed by atoms with Crippen LogP contribution in [-0.4, -0.2) is 40.8 Å². The van der Waals surface area contributed by atoms with Crippen LogP contribution in [-0.2, 0) is 11.3 Å². The first-order valence-corrected chi connectivity index (χ1v) is 8.63. The zero-order chi connectivity index (χ0) is 19.2. The highest BCUT2D eigenvalue weighted by molar-refractivity contribution is 5.74. The number of nitrogens with zero attached hydrogens (tertiary/aromatic N) is 1. The van der Waals surface area contributed by atoms with Crippen LogP contribution in [0, 0.1) is 5.92 Å². The molecular weight excluding hydrogens is 349 g/mol. The second kappa shape index (κ2) is 8.91. The van der Waals surface area contributed by atoms with E-state index in [1.54, 1.807) is 30.3 Å². The van der Waals surface area contributed by atoms with E-state index in [-0.39, 0.29) is 12.6 Å². The lowest BCUT2D eigenvalue weighted by molar-refractivity contribution is -0.142. The Hall–Kier alpha value is -2.25. The van der Waals surface area contributed by atoms with Crippen molar-refractivity contribution in [3.63, 3.8) is 0 Å². The molecule has 0 atom stereocenters. The van der Waals surface area contributed by atoms with Gasteiger partial charge >= 0.3 is 18.2 Å². The SMILES string of the molecule is O=C(O)C1CCC(NC(=O)N(CCC(F)(F)F)Cc2ccccc2)CC1. The van der Waals surface area contributed by atoms with Crippen molar-refractivity contribution in [2.45, 2.75) is 50.9 Å². The van der Waals surface area contributed by atoms with Crippen LogP contribution in [0.1, 0.15) is 37.7 Å². The Bertz CT molecular complexity index is 599. The Morgan fingerprint density at radius 2 is 1.73 bits per heavy atom. The standard InChI is InChI=1S/C18H23F3N2O3/c19-18(20,21)10-11-23(12-13-4-2-1-3-5-13)17(26)22-15-8-6-14(7-9-15)16(24)25/h1-5,14-15H,6-12H2,(H,22,26)(H,24,25). The van der Waals surface area contributed by atoms with Gasteiger partial charge in [-0.05, 0) is 31.2 Å². The molecule has 0 aliphatic heterocycles. The summed E-state index contributed by atoms with van der Waals surface area (Å²) in [6.45, 7) is -0.331. The van der Waals surface area contributed by atoms with E-state index >= 15 is 0 Å². The molecule has 0 spiro atoms. The summed E-state index contributed by atoms with van der Waals surface area (Å²) in [5.41, 5.74) is 0.749. The van der Waals surface area contributed by atoms with Gasteiger partial charge in [-0.25, -0.2) is 4.79 Å². The van der Waals surface area contributed by atoms with Crippen molar-refractivity contribution in [3.05, 3.63) is 35.9 Å². The molecule has 5 nitrogen and oxygen atoms in total. The maximum absolute atomic E-state index is 12.6. The number of carbonyl (C=O) groups excluding carboxylic acids is 1. The lowest BCUT2D eigenvalue weighted by atomic mass is 9.86. The molecule has 8 heteroatoms. The molecule has 0 bridgehead atoms. The maximum atomic E-state index is 12.6. The van der Waals surface area contributed by atoms with Crippen LogP contribution in [0.2, 0.25) is 0 Å². The molecule has 2 rings (SSSR count). The predicted molar refractivity (Wildman–Crippen MR) is 89.4 cm³/mol. The molecule has 1 aliphatic carbocycles. The summed E-state index contributed by atoms with van der Waals surface area (Å²) in [5.74, 6) is -1.25. The Kier molecular flexibility index (Phi) is 6.88. The van der Waals surface area contributed by atoms with Crippen molar-refractivity contribution >= 4 is 12.0 Å². The van der Waals surface area contributed by atoms with Gasteiger partial charge < -0.3 is 15.3 Å². The van der Waals surface area contributed by atoms with Crippen LogP contribution in [0.25, 0.3) is 0 Å². The molecule has 26 heavy (non-hydrogen) atoms. The second-order valence-corrected chi connectivity index (χ2v) is 6.61. The fourth-order valence-electron chi connectivity index (χ4n) is 3.07. The maximum Gasteiger partial charge on any atom is 0.390 e. The quantitative estimate of drug-likeness (QED) is 0.798. The van der Waals surface area contributed by atoms with E-state index in [0.29, 0.717) is 25.7 Å². The van der Waals surface area contributed by atoms with Crippen molar-refractivity contribution < 1.29 is 27.9 Å². The Morgan fingerprint density at radius 3 is 2.27 bits per heavy atom. The van der Waals surface area contributed by atoms with Crippen LogP contribution >= 0.6 is 0 Å². The third kappa shape index (κ3) is 6.57. The van der Waals surface area contributed by atoms with E-state index in [2.05, 4.69) is 5.32 Å². The topological polar surface area (TPSA) is 69.6 Å². The van der Waals surface area contributed by atoms with Crippen LogP contribution in [0.5, 0.6) is 0 Å². The number of rotatable bonds is 6. The number of hydrogen-bond acceptors (Lipinski definition) is 2. The van der Waals surface area contributed by atoms with Crippen molar-refractivity contribution in [1.29, 1.82) is 0 Å². The third-order valence-corrected chi connectivity index (χ3v) is 4.57. The molecule has 0 saturated heterocycles. The van der Waals surface area contributed by atoms with Gasteiger partial charge in [-0.2, -0.15) is 13.2 Å². The minimum Gasteiger partial charge on any atom is -0.481 e. The molecule has 1 fully saturated rings. The largest absolute Gasteiger partial charge is 0.481 e. The first kappa shape index (κ1) is 20.1. The molecule has 2 amide bonds. The van der Waals surface area contributed by atoms with Crippen molar-refractivity contribution in [1.82, 2.24) is 10.2 Å². The highest BCUT2D eigenvalue weighted by atomic mass is 19.4. The first-order valence-electron chi connectivity index (χ1n) is 8.63. The van der Waals surface area contributed by atoms with Crippen LogP contribution in [0.4, 0.5) is 18.0 Å². The normalized spacial score (nSPS) is 20.4. The van der Waals surface area contributed by atoms with E-state index in [4.69, 9.17) is 5.11 Å². The van der Waals surface area contributed by atoms with Crippen molar-refractivity contribution in [2.24, 2.45) is 5.92 Å². The number of aliphatic carboxylic acids is 1. The zero-order valence-electron chi connectivity index (χ0n) is 14.3. The molecule has 144 valence electrons. The summed E-state index contributed by atoms with van der Waals surface area (Å²) in [7, 11) is 0. The lowest BCUT2D eigenvalue weighted by Gasteiger charge is -2.30. The number of benzene rings is 1. The average Bonchev–Trinajstić information content (AvgIpc) is 2.59. The number of carboxylic acid groups (broad SMARTS) is 1. The minimum absolute atomic E-state index is 0.0905. The van der Waals surface area contributed by atoms with Gasteiger partial charge in [0.15, 0.2) is 0 Å². The number of hydrogen-bond donors (Lipinski definition) is 2. The fourth-order valence-corrected chi connectivity index (χ4v) is 3.07. The fraction of sp³-hybridized carbons (Fsp3) is 0.556. The number of nitrogens with one attached hydrogen (secondary N) is 1. The van der Waals surface area contributed by atoms with Gasteiger partial charge in [0, 0.05) is 19.1 Å². The molecule has 1 aromatic rings. The highest BCUT2D eigenvalue weighted by Gasteiger charge is 2.31. The number of halogens is 3. The summed E-state index contributed by atoms with van der Waals surface area (Å²) in [4.78, 5) is 24.6. The molecule has 1 aromatic carbocycles. The molecule has 0 aromatic heterocycles. The smallest absolute Gasteiger partial charge is 0.390 e. The number of carboxylic acids is 1. The number of alkyl halides is 3. The summed E-state index contributed by atoms with van der Waals surface area (Å²) < 4.78 is 37.7.